The van der Waals surface area contributed by atoms with Crippen LogP contribution in [0.5, 0.6) is 0 Å². The summed E-state index contributed by atoms with van der Waals surface area (Å²) in [4.78, 5) is 4.77. The predicted octanol–water partition coefficient (Wildman–Crippen LogP) is 7.62. The van der Waals surface area contributed by atoms with Gasteiger partial charge in [-0.05, 0) is 57.4 Å². The van der Waals surface area contributed by atoms with Crippen LogP contribution >= 0.6 is 0 Å². The fourth-order valence-electron chi connectivity index (χ4n) is 5.07. The van der Waals surface area contributed by atoms with Crippen molar-refractivity contribution in [3.63, 3.8) is 0 Å². The zero-order valence-electron chi connectivity index (χ0n) is 21.1. The Hall–Kier alpha value is -3.65. The fraction of sp³-hybridized carbons (Fsp3) is 0.310. The zero-order valence-corrected chi connectivity index (χ0v) is 21.1. The average molecular weight is 508 g/mol. The Morgan fingerprint density at radius 2 is 1.73 bits per heavy atom. The summed E-state index contributed by atoms with van der Waals surface area (Å²) >= 11 is 0. The van der Waals surface area contributed by atoms with Crippen LogP contribution in [0.15, 0.2) is 65.3 Å². The third-order valence-corrected chi connectivity index (χ3v) is 6.87. The van der Waals surface area contributed by atoms with Gasteiger partial charge in [0, 0.05) is 29.1 Å². The largest absolute Gasteiger partial charge is 0.389 e. The minimum Gasteiger partial charge on any atom is -0.386 e. The number of pyridine rings is 1. The lowest BCUT2D eigenvalue weighted by Gasteiger charge is -2.24. The van der Waals surface area contributed by atoms with Gasteiger partial charge < -0.3 is 14.2 Å². The van der Waals surface area contributed by atoms with Crippen LogP contribution in [-0.4, -0.2) is 26.0 Å². The van der Waals surface area contributed by atoms with Gasteiger partial charge in [-0.1, -0.05) is 47.6 Å². The lowest BCUT2D eigenvalue weighted by atomic mass is 9.97. The molecule has 0 aliphatic heterocycles. The van der Waals surface area contributed by atoms with Gasteiger partial charge in [0.25, 0.3) is 0 Å². The summed E-state index contributed by atoms with van der Waals surface area (Å²) in [6.07, 6.45) is -3.63. The van der Waals surface area contributed by atoms with E-state index in [1.165, 1.54) is 0 Å². The number of fused-ring (bicyclic) bond motifs is 3. The van der Waals surface area contributed by atoms with Gasteiger partial charge in [0.05, 0.1) is 33.9 Å². The molecule has 2 aromatic carbocycles. The monoisotopic (exact) mass is 507 g/mol. The molecule has 0 saturated heterocycles. The van der Waals surface area contributed by atoms with Crippen LogP contribution in [0.3, 0.4) is 0 Å². The van der Waals surface area contributed by atoms with Crippen LogP contribution in [0.4, 0.5) is 13.2 Å². The average Bonchev–Trinajstić information content (AvgIpc) is 3.34. The molecule has 0 spiro atoms. The fourth-order valence-corrected chi connectivity index (χ4v) is 5.07. The zero-order chi connectivity index (χ0) is 26.5. The van der Waals surface area contributed by atoms with Crippen LogP contribution in [0.2, 0.25) is 0 Å². The van der Waals surface area contributed by atoms with E-state index in [4.69, 9.17) is 9.51 Å². The van der Waals surface area contributed by atoms with Crippen LogP contribution < -0.4 is 0 Å². The molecule has 0 aliphatic rings. The smallest absolute Gasteiger partial charge is 0.386 e. The molecule has 0 radical (unpaired) electrons. The Labute approximate surface area is 212 Å². The Balaban J connectivity index is 1.84. The van der Waals surface area contributed by atoms with Gasteiger partial charge in [-0.2, -0.15) is 13.2 Å². The highest BCUT2D eigenvalue weighted by Gasteiger charge is 2.31. The van der Waals surface area contributed by atoms with Crippen LogP contribution in [0, 0.1) is 13.8 Å². The second kappa shape index (κ2) is 9.03. The van der Waals surface area contributed by atoms with Gasteiger partial charge in [-0.3, -0.25) is 4.98 Å². The Kier molecular flexibility index (Phi) is 6.10. The quantitative estimate of drug-likeness (QED) is 0.257. The summed E-state index contributed by atoms with van der Waals surface area (Å²) in [6.45, 7) is 7.04. The number of aryl methyl sites for hydroxylation is 2. The highest BCUT2D eigenvalue weighted by Crippen LogP contribution is 2.40. The van der Waals surface area contributed by atoms with E-state index in [0.717, 1.165) is 22.1 Å². The van der Waals surface area contributed by atoms with Crippen molar-refractivity contribution in [2.75, 3.05) is 0 Å². The molecule has 1 N–H and O–H groups in total. The Bertz CT molecular complexity index is 1560. The molecule has 5 aromatic rings. The molecule has 5 nitrogen and oxygen atoms in total. The highest BCUT2D eigenvalue weighted by atomic mass is 19.4. The first-order chi connectivity index (χ1) is 17.4. The summed E-state index contributed by atoms with van der Waals surface area (Å²) in [6, 6.07) is 16.1. The molecule has 0 aliphatic carbocycles. The van der Waals surface area contributed by atoms with Gasteiger partial charge in [-0.25, -0.2) is 0 Å². The molecule has 3 heterocycles. The minimum absolute atomic E-state index is 0.144. The van der Waals surface area contributed by atoms with Crippen molar-refractivity contribution in [1.29, 1.82) is 0 Å². The van der Waals surface area contributed by atoms with Crippen molar-refractivity contribution < 1.29 is 22.8 Å². The lowest BCUT2D eigenvalue weighted by Crippen LogP contribution is -2.17. The summed E-state index contributed by atoms with van der Waals surface area (Å²) in [5.41, 5.74) is 4.71. The summed E-state index contributed by atoms with van der Waals surface area (Å²) in [5, 5.41) is 15.6. The van der Waals surface area contributed by atoms with Crippen molar-refractivity contribution >= 4 is 21.9 Å². The summed E-state index contributed by atoms with van der Waals surface area (Å²) in [5.74, 6) is 0.641. The molecule has 0 bridgehead atoms. The van der Waals surface area contributed by atoms with E-state index < -0.39 is 24.2 Å². The molecule has 1 atom stereocenters. The first kappa shape index (κ1) is 25.0. The van der Waals surface area contributed by atoms with Gasteiger partial charge in [-0.15, -0.1) is 0 Å². The molecule has 37 heavy (non-hydrogen) atoms. The van der Waals surface area contributed by atoms with Crippen LogP contribution in [0.25, 0.3) is 33.1 Å². The first-order valence-electron chi connectivity index (χ1n) is 12.2. The summed E-state index contributed by atoms with van der Waals surface area (Å²) in [7, 11) is 0. The second-order valence-electron chi connectivity index (χ2n) is 10.0. The molecular formula is C29H28F3N3O2. The maximum absolute atomic E-state index is 13.5. The van der Waals surface area contributed by atoms with Crippen molar-refractivity contribution in [1.82, 2.24) is 14.7 Å². The van der Waals surface area contributed by atoms with E-state index in [1.807, 2.05) is 73.0 Å². The summed E-state index contributed by atoms with van der Waals surface area (Å²) < 4.78 is 47.8. The van der Waals surface area contributed by atoms with Crippen molar-refractivity contribution in [2.24, 2.45) is 0 Å². The topological polar surface area (TPSA) is 64.1 Å². The number of hydrogen-bond donors (Lipinski definition) is 1. The van der Waals surface area contributed by atoms with E-state index in [-0.39, 0.29) is 6.42 Å². The normalized spacial score (nSPS) is 13.5. The molecule has 0 unspecified atom stereocenters. The number of benzene rings is 2. The molecule has 5 rings (SSSR count). The third-order valence-electron chi connectivity index (χ3n) is 6.87. The molecule has 8 heteroatoms. The molecule has 0 amide bonds. The maximum atomic E-state index is 13.5. The number of aromatic nitrogens is 3. The van der Waals surface area contributed by atoms with E-state index in [2.05, 4.69) is 5.16 Å². The van der Waals surface area contributed by atoms with Gasteiger partial charge in [0.1, 0.15) is 5.76 Å². The van der Waals surface area contributed by atoms with E-state index in [0.29, 0.717) is 33.6 Å². The van der Waals surface area contributed by atoms with Gasteiger partial charge >= 0.3 is 6.18 Å². The van der Waals surface area contributed by atoms with E-state index in [9.17, 15) is 18.3 Å². The number of aliphatic hydroxyl groups is 1. The Morgan fingerprint density at radius 3 is 2.35 bits per heavy atom. The Morgan fingerprint density at radius 1 is 1.00 bits per heavy atom. The molecular weight excluding hydrogens is 479 g/mol. The van der Waals surface area contributed by atoms with Gasteiger partial charge in [0.15, 0.2) is 0 Å². The van der Waals surface area contributed by atoms with Crippen molar-refractivity contribution in [2.45, 2.75) is 58.4 Å². The molecule has 0 fully saturated rings. The standard InChI is InChI=1S/C29H28F3N3O2/c1-17-26(18(2)37-34-17)20-14-25-27(33-16-20)22-11-10-21(28(3,4)36)15-24(22)35(25)23(12-13-29(30,31)32)19-8-6-5-7-9-19/h5-11,14-16,23,36H,12-13H2,1-4H3/t23-/m0/s1. The van der Waals surface area contributed by atoms with E-state index in [1.54, 1.807) is 20.0 Å². The van der Waals surface area contributed by atoms with E-state index >= 15 is 0 Å². The molecule has 3 aromatic heterocycles. The lowest BCUT2D eigenvalue weighted by molar-refractivity contribution is -0.136. The highest BCUT2D eigenvalue weighted by molar-refractivity contribution is 6.07. The SMILES string of the molecule is Cc1noc(C)c1-c1cnc2c3ccc(C(C)(C)O)cc3n([C@@H](CCC(F)(F)F)c3ccccc3)c2c1. The maximum Gasteiger partial charge on any atom is 0.389 e. The van der Waals surface area contributed by atoms with Crippen LogP contribution in [-0.2, 0) is 5.60 Å². The van der Waals surface area contributed by atoms with Crippen molar-refractivity contribution in [3.05, 3.63) is 83.4 Å². The van der Waals surface area contributed by atoms with Crippen LogP contribution in [0.1, 0.15) is 55.3 Å². The number of hydrogen-bond acceptors (Lipinski definition) is 4. The predicted molar refractivity (Wildman–Crippen MR) is 137 cm³/mol. The number of rotatable bonds is 6. The van der Waals surface area contributed by atoms with Crippen molar-refractivity contribution in [3.8, 4) is 11.1 Å². The number of nitrogens with zero attached hydrogens (tertiary/aromatic N) is 3. The minimum atomic E-state index is -4.30. The molecule has 192 valence electrons. The first-order valence-corrected chi connectivity index (χ1v) is 12.2. The van der Waals surface area contributed by atoms with Gasteiger partial charge in [0.2, 0.25) is 0 Å². The number of alkyl halides is 3. The molecule has 0 saturated carbocycles. The third kappa shape index (κ3) is 4.73. The second-order valence-corrected chi connectivity index (χ2v) is 10.0. The number of halogens is 3.